The quantitative estimate of drug-likeness (QED) is 0.588. The number of fused-ring (bicyclic) bond motifs is 1. The molecule has 0 bridgehead atoms. The first-order valence-electron chi connectivity index (χ1n) is 7.68. The number of para-hydroxylation sites is 1. The van der Waals surface area contributed by atoms with E-state index >= 15 is 0 Å². The average Bonchev–Trinajstić information content (AvgIpc) is 2.54. The Labute approximate surface area is 145 Å². The number of aliphatic hydroxyl groups excluding tert-OH is 1. The summed E-state index contributed by atoms with van der Waals surface area (Å²) >= 11 is 6.70. The van der Waals surface area contributed by atoms with Crippen LogP contribution in [0.5, 0.6) is 5.75 Å². The van der Waals surface area contributed by atoms with Crippen molar-refractivity contribution >= 4 is 23.2 Å². The van der Waals surface area contributed by atoms with Crippen molar-refractivity contribution in [3.05, 3.63) is 58.7 Å². The number of hydrogen-bond acceptors (Lipinski definition) is 4. The van der Waals surface area contributed by atoms with Crippen molar-refractivity contribution in [2.24, 2.45) is 0 Å². The van der Waals surface area contributed by atoms with E-state index in [0.717, 1.165) is 22.4 Å². The number of aliphatic hydroxyl groups is 1. The van der Waals surface area contributed by atoms with Gasteiger partial charge in [-0.1, -0.05) is 23.7 Å². The number of rotatable bonds is 4. The number of ether oxygens (including phenoxy) is 1. The van der Waals surface area contributed by atoms with Gasteiger partial charge in [0.2, 0.25) is 5.12 Å². The number of carbonyl (C=O) groups is 1. The minimum atomic E-state index is -1.23. The molecule has 0 saturated heterocycles. The molecule has 1 atom stereocenters. The number of anilines is 1. The second-order valence-corrected chi connectivity index (χ2v) is 6.36. The van der Waals surface area contributed by atoms with Crippen LogP contribution < -0.4 is 15.4 Å². The lowest BCUT2D eigenvalue weighted by molar-refractivity contribution is 0.0926. The first-order valence-corrected chi connectivity index (χ1v) is 8.06. The molecule has 3 rings (SSSR count). The Morgan fingerprint density at radius 3 is 2.50 bits per heavy atom. The van der Waals surface area contributed by atoms with E-state index in [2.05, 4.69) is 10.6 Å². The molecule has 126 valence electrons. The minimum Gasteiger partial charge on any atom is -0.491 e. The summed E-state index contributed by atoms with van der Waals surface area (Å²) in [5.41, 5.74) is 3.73. The van der Waals surface area contributed by atoms with Crippen molar-refractivity contribution in [3.63, 3.8) is 0 Å². The van der Waals surface area contributed by atoms with Gasteiger partial charge >= 0.3 is 0 Å². The topological polar surface area (TPSA) is 70.6 Å². The third kappa shape index (κ3) is 2.92. The van der Waals surface area contributed by atoms with Gasteiger partial charge in [-0.3, -0.25) is 4.79 Å². The maximum absolute atomic E-state index is 12.4. The Bertz CT molecular complexity index is 771. The van der Waals surface area contributed by atoms with Crippen molar-refractivity contribution in [1.82, 2.24) is 5.32 Å². The van der Waals surface area contributed by atoms with Gasteiger partial charge in [0.15, 0.2) is 0 Å². The molecule has 0 spiro atoms. The molecule has 1 heterocycles. The van der Waals surface area contributed by atoms with Gasteiger partial charge in [-0.15, -0.1) is 0 Å². The van der Waals surface area contributed by atoms with Crippen LogP contribution in [0.4, 0.5) is 5.69 Å². The SMILES string of the molecule is Cc1cc(C2(Cl)NC(=O)c3ccccc3N2)cc(C)c1OCCO. The monoisotopic (exact) mass is 346 g/mol. The fourth-order valence-electron chi connectivity index (χ4n) is 2.90. The van der Waals surface area contributed by atoms with Crippen molar-refractivity contribution < 1.29 is 14.6 Å². The summed E-state index contributed by atoms with van der Waals surface area (Å²) in [6, 6.07) is 11.0. The van der Waals surface area contributed by atoms with E-state index in [-0.39, 0.29) is 19.1 Å². The Balaban J connectivity index is 1.98. The number of hydrogen-bond donors (Lipinski definition) is 3. The Morgan fingerprint density at radius 2 is 1.83 bits per heavy atom. The third-order valence-electron chi connectivity index (χ3n) is 3.96. The number of nitrogens with one attached hydrogen (secondary N) is 2. The molecule has 5 nitrogen and oxygen atoms in total. The Hall–Kier alpha value is -2.24. The highest BCUT2D eigenvalue weighted by Crippen LogP contribution is 2.37. The standard InChI is InChI=1S/C18H19ClN2O3/c1-11-9-13(10-12(2)16(11)24-8-7-22)18(19)20-15-6-4-3-5-14(15)17(23)21-18/h3-6,9-10,20,22H,7-8H2,1-2H3,(H,21,23). The van der Waals surface area contributed by atoms with Gasteiger partial charge in [0.25, 0.3) is 5.91 Å². The van der Waals surface area contributed by atoms with E-state index in [9.17, 15) is 4.79 Å². The predicted octanol–water partition coefficient (Wildman–Crippen LogP) is 2.88. The molecule has 2 aromatic carbocycles. The molecule has 1 aliphatic heterocycles. The van der Waals surface area contributed by atoms with Gasteiger partial charge in [-0.2, -0.15) is 0 Å². The van der Waals surface area contributed by atoms with Gasteiger partial charge < -0.3 is 20.5 Å². The van der Waals surface area contributed by atoms with E-state index in [1.165, 1.54) is 0 Å². The van der Waals surface area contributed by atoms with Crippen LogP contribution in [0.15, 0.2) is 36.4 Å². The molecule has 0 aliphatic carbocycles. The summed E-state index contributed by atoms with van der Waals surface area (Å²) in [5, 5.41) is 13.7. The van der Waals surface area contributed by atoms with Crippen LogP contribution in [-0.2, 0) is 5.12 Å². The van der Waals surface area contributed by atoms with E-state index in [4.69, 9.17) is 21.4 Å². The van der Waals surface area contributed by atoms with Gasteiger partial charge in [0.05, 0.1) is 12.2 Å². The van der Waals surface area contributed by atoms with Crippen molar-refractivity contribution in [3.8, 4) is 5.75 Å². The van der Waals surface area contributed by atoms with Crippen LogP contribution in [0.1, 0.15) is 27.0 Å². The van der Waals surface area contributed by atoms with E-state index in [1.54, 1.807) is 6.07 Å². The molecule has 1 amide bonds. The maximum atomic E-state index is 12.4. The second kappa shape index (κ2) is 6.34. The largest absolute Gasteiger partial charge is 0.491 e. The molecule has 0 radical (unpaired) electrons. The fourth-order valence-corrected chi connectivity index (χ4v) is 3.20. The van der Waals surface area contributed by atoms with Gasteiger partial charge in [0.1, 0.15) is 12.4 Å². The predicted molar refractivity (Wildman–Crippen MR) is 93.6 cm³/mol. The molecular formula is C18H19ClN2O3. The van der Waals surface area contributed by atoms with E-state index in [0.29, 0.717) is 11.3 Å². The summed E-state index contributed by atoms with van der Waals surface area (Å²) in [5.74, 6) is 0.492. The summed E-state index contributed by atoms with van der Waals surface area (Å²) in [4.78, 5) is 12.4. The molecular weight excluding hydrogens is 328 g/mol. The average molecular weight is 347 g/mol. The first-order chi connectivity index (χ1) is 11.4. The lowest BCUT2D eigenvalue weighted by Gasteiger charge is -2.36. The highest BCUT2D eigenvalue weighted by atomic mass is 35.5. The number of benzene rings is 2. The van der Waals surface area contributed by atoms with Crippen LogP contribution in [0.25, 0.3) is 0 Å². The molecule has 1 aliphatic rings. The summed E-state index contributed by atoms with van der Waals surface area (Å²) in [7, 11) is 0. The Morgan fingerprint density at radius 1 is 1.17 bits per heavy atom. The van der Waals surface area contributed by atoms with Crippen LogP contribution in [0, 0.1) is 13.8 Å². The van der Waals surface area contributed by atoms with Crippen LogP contribution in [0.3, 0.4) is 0 Å². The zero-order valence-corrected chi connectivity index (χ0v) is 14.3. The maximum Gasteiger partial charge on any atom is 0.256 e. The van der Waals surface area contributed by atoms with Crippen LogP contribution in [-0.4, -0.2) is 24.2 Å². The van der Waals surface area contributed by atoms with Crippen molar-refractivity contribution in [2.75, 3.05) is 18.5 Å². The van der Waals surface area contributed by atoms with Gasteiger partial charge in [-0.05, 0) is 49.2 Å². The lowest BCUT2D eigenvalue weighted by Crippen LogP contribution is -2.51. The Kier molecular flexibility index (Phi) is 4.39. The zero-order valence-electron chi connectivity index (χ0n) is 13.5. The normalized spacial score (nSPS) is 19.2. The molecule has 3 N–H and O–H groups in total. The third-order valence-corrected chi connectivity index (χ3v) is 4.37. The smallest absolute Gasteiger partial charge is 0.256 e. The number of amides is 1. The summed E-state index contributed by atoms with van der Waals surface area (Å²) in [6.45, 7) is 3.99. The van der Waals surface area contributed by atoms with Gasteiger partial charge in [0, 0.05) is 11.3 Å². The van der Waals surface area contributed by atoms with Crippen LogP contribution >= 0.6 is 11.6 Å². The molecule has 1 unspecified atom stereocenters. The molecule has 6 heteroatoms. The molecule has 0 aromatic heterocycles. The van der Waals surface area contributed by atoms with E-state index < -0.39 is 5.12 Å². The molecule has 24 heavy (non-hydrogen) atoms. The summed E-state index contributed by atoms with van der Waals surface area (Å²) < 4.78 is 5.57. The minimum absolute atomic E-state index is 0.0472. The first kappa shape index (κ1) is 16.6. The molecule has 2 aromatic rings. The number of carbonyl (C=O) groups excluding carboxylic acids is 1. The highest BCUT2D eigenvalue weighted by Gasteiger charge is 2.37. The number of alkyl halides is 1. The number of aryl methyl sites for hydroxylation is 2. The van der Waals surface area contributed by atoms with Crippen molar-refractivity contribution in [1.29, 1.82) is 0 Å². The lowest BCUT2D eigenvalue weighted by atomic mass is 10.0. The van der Waals surface area contributed by atoms with Crippen molar-refractivity contribution in [2.45, 2.75) is 19.0 Å². The summed E-state index contributed by atoms with van der Waals surface area (Å²) in [6.07, 6.45) is 0. The second-order valence-electron chi connectivity index (χ2n) is 5.79. The molecule has 0 fully saturated rings. The highest BCUT2D eigenvalue weighted by molar-refractivity contribution is 6.27. The number of halogens is 1. The van der Waals surface area contributed by atoms with Gasteiger partial charge in [-0.25, -0.2) is 0 Å². The fraction of sp³-hybridized carbons (Fsp3) is 0.278. The van der Waals surface area contributed by atoms with Crippen LogP contribution in [0.2, 0.25) is 0 Å². The molecule has 0 saturated carbocycles. The zero-order chi connectivity index (χ0) is 17.3. The van der Waals surface area contributed by atoms with E-state index in [1.807, 2.05) is 44.2 Å².